The lowest BCUT2D eigenvalue weighted by Crippen LogP contribution is -2.66. The summed E-state index contributed by atoms with van der Waals surface area (Å²) in [5.74, 6) is -0.0716. The number of hydrogen-bond donors (Lipinski definition) is 5. The first-order valence-electron chi connectivity index (χ1n) is 16.2. The van der Waals surface area contributed by atoms with E-state index in [1.165, 1.54) is 11.1 Å². The minimum absolute atomic E-state index is 0.00123. The van der Waals surface area contributed by atoms with Crippen molar-refractivity contribution in [3.63, 3.8) is 0 Å². The molecule has 0 aromatic heterocycles. The van der Waals surface area contributed by atoms with Crippen LogP contribution in [0.5, 0.6) is 0 Å². The second-order valence-corrected chi connectivity index (χ2v) is 15.8. The zero-order valence-corrected chi connectivity index (χ0v) is 25.8. The van der Waals surface area contributed by atoms with Gasteiger partial charge in [-0.3, -0.25) is 4.79 Å². The van der Waals surface area contributed by atoms with Crippen molar-refractivity contribution in [3.05, 3.63) is 23.8 Å². The number of allylic oxidation sites excluding steroid dienone is 3. The molecule has 0 aromatic carbocycles. The van der Waals surface area contributed by atoms with Crippen LogP contribution in [0.2, 0.25) is 0 Å². The Morgan fingerprint density at radius 2 is 1.76 bits per heavy atom. The van der Waals surface area contributed by atoms with E-state index in [1.807, 2.05) is 0 Å². The van der Waals surface area contributed by atoms with E-state index in [9.17, 15) is 30.3 Å². The zero-order valence-electron chi connectivity index (χ0n) is 25.8. The lowest BCUT2D eigenvalue weighted by Gasteiger charge is -2.71. The van der Waals surface area contributed by atoms with Crippen molar-refractivity contribution in [3.8, 4) is 0 Å². The van der Waals surface area contributed by atoms with Crippen molar-refractivity contribution >= 4 is 5.97 Å². The Balaban J connectivity index is 1.31. The summed E-state index contributed by atoms with van der Waals surface area (Å²) in [7, 11) is 0. The third-order valence-corrected chi connectivity index (χ3v) is 14.3. The number of fused-ring (bicyclic) bond motifs is 7. The molecular formula is C34H52O8. The number of ether oxygens (including phenoxy) is 2. The number of hydrogen-bond acceptors (Lipinski definition) is 7. The first kappa shape index (κ1) is 30.7. The molecule has 0 bridgehead atoms. The first-order valence-corrected chi connectivity index (χ1v) is 16.2. The van der Waals surface area contributed by atoms with Crippen molar-refractivity contribution in [2.45, 2.75) is 123 Å². The molecule has 0 spiro atoms. The highest BCUT2D eigenvalue weighted by Crippen LogP contribution is 2.75. The Morgan fingerprint density at radius 3 is 2.45 bits per heavy atom. The van der Waals surface area contributed by atoms with Gasteiger partial charge in [0.2, 0.25) is 0 Å². The van der Waals surface area contributed by atoms with Crippen molar-refractivity contribution in [2.24, 2.45) is 44.8 Å². The molecule has 8 nitrogen and oxygen atoms in total. The van der Waals surface area contributed by atoms with Gasteiger partial charge in [0.05, 0.1) is 24.7 Å². The minimum atomic E-state index is -1.36. The fourth-order valence-corrected chi connectivity index (χ4v) is 11.5. The summed E-state index contributed by atoms with van der Waals surface area (Å²) in [4.78, 5) is 12.8. The molecule has 0 aromatic rings. The number of carbonyl (C=O) groups is 1. The van der Waals surface area contributed by atoms with E-state index in [-0.39, 0.29) is 47.4 Å². The predicted molar refractivity (Wildman–Crippen MR) is 156 cm³/mol. The molecule has 5 aliphatic carbocycles. The van der Waals surface area contributed by atoms with E-state index in [0.717, 1.165) is 44.9 Å². The van der Waals surface area contributed by atoms with E-state index in [4.69, 9.17) is 9.47 Å². The van der Waals surface area contributed by atoms with Gasteiger partial charge < -0.3 is 35.0 Å². The number of aliphatic carboxylic acids is 1. The maximum Gasteiger partial charge on any atom is 0.310 e. The molecule has 13 atom stereocenters. The first-order chi connectivity index (χ1) is 19.7. The highest BCUT2D eigenvalue weighted by molar-refractivity contribution is 5.77. The molecule has 13 unspecified atom stereocenters. The van der Waals surface area contributed by atoms with Crippen LogP contribution >= 0.6 is 0 Å². The molecule has 1 aliphatic heterocycles. The smallest absolute Gasteiger partial charge is 0.310 e. The SMILES string of the molecule is C=C1CCC2(C(=O)O)CCC3(C)C(=CCC4C5(C)CCC(OC6OCC(O)C(O)C6O)C(C)(CO)C5CCC43C)C2C1. The minimum Gasteiger partial charge on any atom is -0.481 e. The molecule has 1 heterocycles. The van der Waals surface area contributed by atoms with Gasteiger partial charge in [0.1, 0.15) is 18.3 Å². The van der Waals surface area contributed by atoms with E-state index >= 15 is 0 Å². The van der Waals surface area contributed by atoms with Crippen molar-refractivity contribution in [1.82, 2.24) is 0 Å². The number of rotatable bonds is 4. The van der Waals surface area contributed by atoms with Gasteiger partial charge in [-0.2, -0.15) is 0 Å². The largest absolute Gasteiger partial charge is 0.481 e. The fraction of sp³-hybridized carbons (Fsp3) is 0.853. The monoisotopic (exact) mass is 588 g/mol. The van der Waals surface area contributed by atoms with Crippen LogP contribution in [-0.4, -0.2) is 75.4 Å². The Hall–Kier alpha value is -1.29. The van der Waals surface area contributed by atoms with Crippen LogP contribution in [0.3, 0.4) is 0 Å². The summed E-state index contributed by atoms with van der Waals surface area (Å²) < 4.78 is 12.0. The van der Waals surface area contributed by atoms with Crippen LogP contribution in [0.4, 0.5) is 0 Å². The summed E-state index contributed by atoms with van der Waals surface area (Å²) in [6, 6.07) is 0. The molecule has 236 valence electrons. The van der Waals surface area contributed by atoms with Gasteiger partial charge in [0.25, 0.3) is 0 Å². The topological polar surface area (TPSA) is 137 Å². The third-order valence-electron chi connectivity index (χ3n) is 14.3. The molecule has 1 saturated heterocycles. The van der Waals surface area contributed by atoms with E-state index in [2.05, 4.69) is 40.3 Å². The van der Waals surface area contributed by atoms with Crippen LogP contribution in [-0.2, 0) is 14.3 Å². The summed E-state index contributed by atoms with van der Waals surface area (Å²) in [5.41, 5.74) is 1.13. The molecular weight excluding hydrogens is 536 g/mol. The van der Waals surface area contributed by atoms with Crippen LogP contribution in [0.15, 0.2) is 23.8 Å². The quantitative estimate of drug-likeness (QED) is 0.244. The molecule has 8 heteroatoms. The highest BCUT2D eigenvalue weighted by atomic mass is 16.7. The van der Waals surface area contributed by atoms with Gasteiger partial charge in [-0.15, -0.1) is 0 Å². The molecule has 42 heavy (non-hydrogen) atoms. The standard InChI is InChI=1S/C34H52O8/c1-19-8-13-34(29(39)40)15-14-32(4)20(21(34)16-19)6-7-24-30(2)11-10-25(42-28-27(38)26(37)22(36)17-41-28)31(3,18-35)23(30)9-12-33(24,32)5/h6,21-28,35-38H,1,7-18H2,2-5H3,(H,39,40). The Labute approximate surface area is 250 Å². The lowest BCUT2D eigenvalue weighted by atomic mass is 9.34. The zero-order chi connectivity index (χ0) is 30.5. The molecule has 4 saturated carbocycles. The van der Waals surface area contributed by atoms with Gasteiger partial charge in [-0.25, -0.2) is 0 Å². The van der Waals surface area contributed by atoms with Gasteiger partial charge in [-0.05, 0) is 92.3 Å². The van der Waals surface area contributed by atoms with Gasteiger partial charge in [0, 0.05) is 11.3 Å². The van der Waals surface area contributed by atoms with E-state index in [0.29, 0.717) is 25.2 Å². The molecule has 0 amide bonds. The maximum atomic E-state index is 12.8. The van der Waals surface area contributed by atoms with Gasteiger partial charge in [0.15, 0.2) is 6.29 Å². The van der Waals surface area contributed by atoms with E-state index < -0.39 is 41.4 Å². The average Bonchev–Trinajstić information content (AvgIpc) is 2.95. The molecule has 0 radical (unpaired) electrons. The normalized spacial score (nSPS) is 54.1. The van der Waals surface area contributed by atoms with E-state index in [1.54, 1.807) is 0 Å². The fourth-order valence-electron chi connectivity index (χ4n) is 11.5. The third kappa shape index (κ3) is 3.97. The van der Waals surface area contributed by atoms with Crippen molar-refractivity contribution in [2.75, 3.05) is 13.2 Å². The predicted octanol–water partition coefficient (Wildman–Crippen LogP) is 4.20. The maximum absolute atomic E-state index is 12.8. The van der Waals surface area contributed by atoms with Gasteiger partial charge >= 0.3 is 5.97 Å². The number of carboxylic acid groups (broad SMARTS) is 1. The Bertz CT molecular complexity index is 1150. The molecule has 5 fully saturated rings. The number of carboxylic acids is 1. The summed E-state index contributed by atoms with van der Waals surface area (Å²) in [6.45, 7) is 13.5. The molecule has 6 rings (SSSR count). The van der Waals surface area contributed by atoms with Crippen molar-refractivity contribution < 1.29 is 39.8 Å². The number of aliphatic hydroxyl groups is 4. The van der Waals surface area contributed by atoms with Crippen LogP contribution in [0.1, 0.15) is 91.9 Å². The summed E-state index contributed by atoms with van der Waals surface area (Å²) in [5, 5.41) is 52.1. The second-order valence-electron chi connectivity index (χ2n) is 15.8. The molecule has 6 aliphatic rings. The number of aliphatic hydroxyl groups excluding tert-OH is 4. The Morgan fingerprint density at radius 1 is 1.02 bits per heavy atom. The van der Waals surface area contributed by atoms with Crippen LogP contribution < -0.4 is 0 Å². The summed E-state index contributed by atoms with van der Waals surface area (Å²) in [6.07, 6.45) is 5.45. The molecule has 5 N–H and O–H groups in total. The lowest BCUT2D eigenvalue weighted by molar-refractivity contribution is -0.312. The second kappa shape index (κ2) is 10.1. The highest BCUT2D eigenvalue weighted by Gasteiger charge is 2.69. The van der Waals surface area contributed by atoms with Gasteiger partial charge in [-0.1, -0.05) is 51.5 Å². The Kier molecular flexibility index (Phi) is 7.40. The average molecular weight is 589 g/mol. The van der Waals surface area contributed by atoms with Crippen LogP contribution in [0, 0.1) is 44.8 Å². The summed E-state index contributed by atoms with van der Waals surface area (Å²) >= 11 is 0. The van der Waals surface area contributed by atoms with Crippen LogP contribution in [0.25, 0.3) is 0 Å². The van der Waals surface area contributed by atoms with Crippen molar-refractivity contribution in [1.29, 1.82) is 0 Å².